The molecule has 4 rings (SSSR count). The van der Waals surface area contributed by atoms with Gasteiger partial charge in [-0.2, -0.15) is 0 Å². The van der Waals surface area contributed by atoms with Crippen LogP contribution < -0.4 is 10.9 Å². The Labute approximate surface area is 199 Å². The zero-order valence-corrected chi connectivity index (χ0v) is 19.3. The zero-order valence-electron chi connectivity index (χ0n) is 18.5. The second kappa shape index (κ2) is 10.3. The summed E-state index contributed by atoms with van der Waals surface area (Å²) in [7, 11) is 0. The maximum atomic E-state index is 13.9. The van der Waals surface area contributed by atoms with Crippen LogP contribution in [0.25, 0.3) is 11.3 Å². The van der Waals surface area contributed by atoms with Crippen LogP contribution in [0.4, 0.5) is 4.39 Å². The molecule has 9 heteroatoms. The van der Waals surface area contributed by atoms with Gasteiger partial charge in [0.15, 0.2) is 10.9 Å². The summed E-state index contributed by atoms with van der Waals surface area (Å²) in [4.78, 5) is 33.5. The number of hydrazine groups is 1. The summed E-state index contributed by atoms with van der Waals surface area (Å²) in [6.07, 6.45) is 0. The molecule has 0 bridgehead atoms. The van der Waals surface area contributed by atoms with E-state index < -0.39 is 17.6 Å². The standard InChI is InChI=1S/C25H21FN4O3S/c1-15-13-16(2)28-25(27-15)34-14-17-7-9-18(10-8-17)23(31)29-30-24(32)22-12-11-21(33-22)19-5-3-4-6-20(19)26/h3-13H,14H2,1-2H3,(H,29,31)(H,30,32). The van der Waals surface area contributed by atoms with Crippen LogP contribution in [0.3, 0.4) is 0 Å². The number of carbonyl (C=O) groups excluding carboxylic acids is 2. The molecule has 172 valence electrons. The second-order valence-electron chi connectivity index (χ2n) is 7.47. The molecule has 2 heterocycles. The van der Waals surface area contributed by atoms with Crippen LogP contribution in [0, 0.1) is 19.7 Å². The van der Waals surface area contributed by atoms with Crippen LogP contribution in [-0.2, 0) is 5.75 Å². The van der Waals surface area contributed by atoms with E-state index in [2.05, 4.69) is 20.8 Å². The third-order valence-corrected chi connectivity index (χ3v) is 5.72. The minimum absolute atomic E-state index is 0.0560. The molecular formula is C25H21FN4O3S. The second-order valence-corrected chi connectivity index (χ2v) is 8.41. The molecule has 2 amide bonds. The molecule has 4 aromatic rings. The quantitative estimate of drug-likeness (QED) is 0.234. The zero-order chi connectivity index (χ0) is 24.1. The largest absolute Gasteiger partial charge is 0.451 e. The Balaban J connectivity index is 1.31. The molecule has 7 nitrogen and oxygen atoms in total. The first-order valence-electron chi connectivity index (χ1n) is 10.4. The van der Waals surface area contributed by atoms with E-state index in [9.17, 15) is 14.0 Å². The van der Waals surface area contributed by atoms with Crippen LogP contribution in [-0.4, -0.2) is 21.8 Å². The molecule has 0 atom stereocenters. The Kier molecular flexibility index (Phi) is 7.03. The lowest BCUT2D eigenvalue weighted by molar-refractivity contribution is 0.0831. The number of rotatable bonds is 6. The van der Waals surface area contributed by atoms with E-state index in [-0.39, 0.29) is 17.1 Å². The fraction of sp³-hybridized carbons (Fsp3) is 0.120. The molecule has 0 spiro atoms. The number of hydrogen-bond donors (Lipinski definition) is 2. The van der Waals surface area contributed by atoms with Crippen molar-refractivity contribution in [3.05, 3.63) is 101 Å². The highest BCUT2D eigenvalue weighted by molar-refractivity contribution is 7.98. The first-order valence-corrected chi connectivity index (χ1v) is 11.4. The molecule has 0 fully saturated rings. The molecular weight excluding hydrogens is 455 g/mol. The van der Waals surface area contributed by atoms with Gasteiger partial charge in [0.05, 0.1) is 5.56 Å². The van der Waals surface area contributed by atoms with Gasteiger partial charge in [-0.25, -0.2) is 14.4 Å². The van der Waals surface area contributed by atoms with E-state index >= 15 is 0 Å². The number of nitrogens with one attached hydrogen (secondary N) is 2. The maximum absolute atomic E-state index is 13.9. The van der Waals surface area contributed by atoms with Gasteiger partial charge in [-0.15, -0.1) is 0 Å². The fourth-order valence-electron chi connectivity index (χ4n) is 3.17. The number of benzene rings is 2. The first kappa shape index (κ1) is 23.2. The van der Waals surface area contributed by atoms with E-state index in [0.29, 0.717) is 16.5 Å². The van der Waals surface area contributed by atoms with Gasteiger partial charge in [-0.1, -0.05) is 36.0 Å². The minimum Gasteiger partial charge on any atom is -0.451 e. The van der Waals surface area contributed by atoms with Crippen LogP contribution >= 0.6 is 11.8 Å². The number of furan rings is 1. The van der Waals surface area contributed by atoms with Crippen molar-refractivity contribution < 1.29 is 18.4 Å². The average molecular weight is 477 g/mol. The Morgan fingerprint density at radius 3 is 2.29 bits per heavy atom. The fourth-order valence-corrected chi connectivity index (χ4v) is 4.08. The van der Waals surface area contributed by atoms with Crippen molar-refractivity contribution in [2.75, 3.05) is 0 Å². The molecule has 0 aliphatic rings. The molecule has 2 aromatic carbocycles. The van der Waals surface area contributed by atoms with Crippen LogP contribution in [0.2, 0.25) is 0 Å². The van der Waals surface area contributed by atoms with Gasteiger partial charge in [-0.05, 0) is 61.9 Å². The van der Waals surface area contributed by atoms with Crippen molar-refractivity contribution in [2.24, 2.45) is 0 Å². The van der Waals surface area contributed by atoms with Crippen LogP contribution in [0.1, 0.15) is 37.9 Å². The van der Waals surface area contributed by atoms with Crippen molar-refractivity contribution in [1.82, 2.24) is 20.8 Å². The third kappa shape index (κ3) is 5.68. The highest BCUT2D eigenvalue weighted by Gasteiger charge is 2.15. The van der Waals surface area contributed by atoms with Gasteiger partial charge >= 0.3 is 5.91 Å². The summed E-state index contributed by atoms with van der Waals surface area (Å²) < 4.78 is 19.3. The molecule has 34 heavy (non-hydrogen) atoms. The van der Waals surface area contributed by atoms with Gasteiger partial charge in [0, 0.05) is 22.7 Å². The lowest BCUT2D eigenvalue weighted by Crippen LogP contribution is -2.41. The molecule has 0 unspecified atom stereocenters. The number of hydrogen-bond acceptors (Lipinski definition) is 6. The van der Waals surface area contributed by atoms with E-state index in [1.54, 1.807) is 30.3 Å². The van der Waals surface area contributed by atoms with Crippen molar-refractivity contribution in [1.29, 1.82) is 0 Å². The molecule has 2 N–H and O–H groups in total. The number of aromatic nitrogens is 2. The van der Waals surface area contributed by atoms with Gasteiger partial charge in [0.25, 0.3) is 5.91 Å². The molecule has 0 radical (unpaired) electrons. The Hall–Kier alpha value is -3.98. The lowest BCUT2D eigenvalue weighted by Gasteiger charge is -2.07. The number of amides is 2. The lowest BCUT2D eigenvalue weighted by atomic mass is 10.1. The van der Waals surface area contributed by atoms with Crippen LogP contribution in [0.5, 0.6) is 0 Å². The molecule has 0 aliphatic heterocycles. The summed E-state index contributed by atoms with van der Waals surface area (Å²) in [6.45, 7) is 3.86. The predicted molar refractivity (Wildman–Crippen MR) is 127 cm³/mol. The predicted octanol–water partition coefficient (Wildman–Crippen LogP) is 4.86. The third-order valence-electron chi connectivity index (χ3n) is 4.80. The highest BCUT2D eigenvalue weighted by Crippen LogP contribution is 2.24. The highest BCUT2D eigenvalue weighted by atomic mass is 32.2. The van der Waals surface area contributed by atoms with Crippen LogP contribution in [0.15, 0.2) is 76.3 Å². The van der Waals surface area contributed by atoms with E-state index in [4.69, 9.17) is 4.42 Å². The molecule has 0 saturated carbocycles. The normalized spacial score (nSPS) is 10.7. The summed E-state index contributed by atoms with van der Waals surface area (Å²) >= 11 is 1.52. The number of aryl methyl sites for hydroxylation is 2. The SMILES string of the molecule is Cc1cc(C)nc(SCc2ccc(C(=O)NNC(=O)c3ccc(-c4ccccc4F)o3)cc2)n1. The maximum Gasteiger partial charge on any atom is 0.305 e. The van der Waals surface area contributed by atoms with E-state index in [1.165, 1.54) is 30.0 Å². The van der Waals surface area contributed by atoms with Crippen molar-refractivity contribution in [2.45, 2.75) is 24.8 Å². The Morgan fingerprint density at radius 2 is 1.59 bits per heavy atom. The molecule has 0 saturated heterocycles. The van der Waals surface area contributed by atoms with E-state index in [0.717, 1.165) is 17.0 Å². The molecule has 2 aromatic heterocycles. The van der Waals surface area contributed by atoms with Crippen molar-refractivity contribution >= 4 is 23.6 Å². The number of carbonyl (C=O) groups is 2. The Morgan fingerprint density at radius 1 is 0.912 bits per heavy atom. The van der Waals surface area contributed by atoms with Gasteiger partial charge in [0.2, 0.25) is 0 Å². The first-order chi connectivity index (χ1) is 16.4. The smallest absolute Gasteiger partial charge is 0.305 e. The van der Waals surface area contributed by atoms with E-state index in [1.807, 2.05) is 32.0 Å². The number of nitrogens with zero attached hydrogens (tertiary/aromatic N) is 2. The number of halogens is 1. The summed E-state index contributed by atoms with van der Waals surface area (Å²) in [6, 6.07) is 17.9. The van der Waals surface area contributed by atoms with Crippen molar-refractivity contribution in [3.8, 4) is 11.3 Å². The van der Waals surface area contributed by atoms with Crippen molar-refractivity contribution in [3.63, 3.8) is 0 Å². The summed E-state index contributed by atoms with van der Waals surface area (Å²) in [5.74, 6) is -0.776. The van der Waals surface area contributed by atoms with Gasteiger partial charge in [0.1, 0.15) is 11.6 Å². The van der Waals surface area contributed by atoms with Gasteiger partial charge < -0.3 is 4.42 Å². The summed E-state index contributed by atoms with van der Waals surface area (Å²) in [5, 5.41) is 0.707. The van der Waals surface area contributed by atoms with Gasteiger partial charge in [-0.3, -0.25) is 20.4 Å². The number of thioether (sulfide) groups is 1. The monoisotopic (exact) mass is 476 g/mol. The minimum atomic E-state index is -0.655. The topological polar surface area (TPSA) is 97.1 Å². The summed E-state index contributed by atoms with van der Waals surface area (Å²) in [5.41, 5.74) is 8.11. The molecule has 0 aliphatic carbocycles. The Bertz CT molecular complexity index is 1320. The average Bonchev–Trinajstić information content (AvgIpc) is 3.31.